The molecule has 1 saturated carbocycles. The Kier molecular flexibility index (Phi) is 6.55. The van der Waals surface area contributed by atoms with Gasteiger partial charge in [-0.05, 0) is 59.9 Å². The fourth-order valence-electron chi connectivity index (χ4n) is 6.98. The van der Waals surface area contributed by atoms with E-state index in [-0.39, 0.29) is 35.7 Å². The number of aliphatic hydroxyl groups is 1. The zero-order valence-electron chi connectivity index (χ0n) is 21.8. The predicted molar refractivity (Wildman–Crippen MR) is 135 cm³/mol. The van der Waals surface area contributed by atoms with Crippen molar-refractivity contribution in [2.45, 2.75) is 45.8 Å². The molecule has 8 heteroatoms. The van der Waals surface area contributed by atoms with Crippen LogP contribution in [0.2, 0.25) is 0 Å². The number of carbonyl (C=O) groups excluding carboxylic acids is 3. The second-order valence-corrected chi connectivity index (χ2v) is 11.0. The summed E-state index contributed by atoms with van der Waals surface area (Å²) in [6, 6.07) is 8.11. The fourth-order valence-corrected chi connectivity index (χ4v) is 6.98. The molecule has 1 aliphatic heterocycles. The zero-order valence-corrected chi connectivity index (χ0v) is 21.8. The van der Waals surface area contributed by atoms with Gasteiger partial charge in [0.05, 0.1) is 43.5 Å². The Labute approximate surface area is 221 Å². The number of benzene rings is 1. The SMILES string of the molecule is C=C1O[C@H](c2ccoc2)C[C@]2(C)[C@H]3C(=O)C(OC(=O)c4ccc(CO)cc4)=C[C@@H](C(=O)OC)[C@]3(C)CC[C@@H]12. The second-order valence-electron chi connectivity index (χ2n) is 11.0. The van der Waals surface area contributed by atoms with E-state index >= 15 is 0 Å². The first kappa shape index (κ1) is 26.0. The Hall–Kier alpha value is -3.65. The van der Waals surface area contributed by atoms with E-state index in [9.17, 15) is 19.5 Å². The van der Waals surface area contributed by atoms with Gasteiger partial charge >= 0.3 is 11.9 Å². The third-order valence-electron chi connectivity index (χ3n) is 8.87. The van der Waals surface area contributed by atoms with Crippen molar-refractivity contribution < 1.29 is 38.1 Å². The summed E-state index contributed by atoms with van der Waals surface area (Å²) in [5.41, 5.74) is 0.323. The Balaban J connectivity index is 1.54. The zero-order chi connectivity index (χ0) is 27.2. The number of furan rings is 1. The normalized spacial score (nSPS) is 32.4. The third kappa shape index (κ3) is 4.07. The molecule has 0 bridgehead atoms. The molecule has 2 aliphatic carbocycles. The maximum absolute atomic E-state index is 14.2. The van der Waals surface area contributed by atoms with Gasteiger partial charge < -0.3 is 23.7 Å². The molecule has 5 rings (SSSR count). The molecule has 1 aromatic heterocycles. The van der Waals surface area contributed by atoms with Crippen LogP contribution >= 0.6 is 0 Å². The highest BCUT2D eigenvalue weighted by molar-refractivity contribution is 6.03. The number of methoxy groups -OCH3 is 1. The fraction of sp³-hybridized carbons (Fsp3) is 0.433. The van der Waals surface area contributed by atoms with Gasteiger partial charge in [0.15, 0.2) is 5.76 Å². The standard InChI is InChI=1S/C30H32O8/c1-17-21-9-11-29(2)22(28(34)35-4)13-23(38-27(33)19-7-5-18(15-31)6-8-19)25(32)26(29)30(21,3)14-24(37-17)20-10-12-36-16-20/h5-8,10,12-13,16,21-22,24,26,31H,1,9,11,14-15H2,2-4H3/t21-,22-,24-,26-,29-,30-/m0/s1. The first-order valence-electron chi connectivity index (χ1n) is 12.8. The number of esters is 2. The van der Waals surface area contributed by atoms with Crippen LogP contribution in [-0.4, -0.2) is 29.9 Å². The molecule has 200 valence electrons. The number of ether oxygens (including phenoxy) is 3. The van der Waals surface area contributed by atoms with E-state index in [0.717, 1.165) is 5.56 Å². The van der Waals surface area contributed by atoms with Crippen molar-refractivity contribution in [1.29, 1.82) is 0 Å². The Bertz CT molecular complexity index is 1290. The molecule has 1 saturated heterocycles. The van der Waals surface area contributed by atoms with E-state index in [0.29, 0.717) is 30.6 Å². The average Bonchev–Trinajstić information content (AvgIpc) is 3.44. The van der Waals surface area contributed by atoms with Crippen LogP contribution in [0, 0.1) is 28.6 Å². The minimum absolute atomic E-state index is 0.118. The lowest BCUT2D eigenvalue weighted by molar-refractivity contribution is -0.174. The molecule has 0 spiro atoms. The number of allylic oxidation sites excluding steroid dienone is 2. The Morgan fingerprint density at radius 2 is 1.89 bits per heavy atom. The molecule has 2 aromatic rings. The molecule has 6 atom stereocenters. The maximum Gasteiger partial charge on any atom is 0.343 e. The lowest BCUT2D eigenvalue weighted by Crippen LogP contribution is -2.60. The van der Waals surface area contributed by atoms with Crippen LogP contribution in [0.5, 0.6) is 0 Å². The molecule has 2 heterocycles. The highest BCUT2D eigenvalue weighted by Gasteiger charge is 2.65. The van der Waals surface area contributed by atoms with Gasteiger partial charge in [-0.15, -0.1) is 0 Å². The minimum atomic E-state index is -0.781. The van der Waals surface area contributed by atoms with Crippen molar-refractivity contribution in [3.05, 3.63) is 83.7 Å². The molecule has 1 N–H and O–H groups in total. The number of hydrogen-bond donors (Lipinski definition) is 1. The number of rotatable bonds is 5. The maximum atomic E-state index is 14.2. The van der Waals surface area contributed by atoms with Gasteiger partial charge in [-0.1, -0.05) is 32.6 Å². The summed E-state index contributed by atoms with van der Waals surface area (Å²) in [5, 5.41) is 9.28. The lowest BCUT2D eigenvalue weighted by atomic mass is 9.44. The molecular formula is C30H32O8. The van der Waals surface area contributed by atoms with E-state index in [1.165, 1.54) is 25.3 Å². The van der Waals surface area contributed by atoms with Crippen molar-refractivity contribution in [2.24, 2.45) is 28.6 Å². The second kappa shape index (κ2) is 9.58. The smallest absolute Gasteiger partial charge is 0.343 e. The Morgan fingerprint density at radius 3 is 2.53 bits per heavy atom. The number of ketones is 1. The molecule has 2 fully saturated rings. The number of Topliss-reactive ketones (excluding diaryl/α,β-unsaturated/α-hetero) is 1. The molecule has 3 aliphatic rings. The number of hydrogen-bond acceptors (Lipinski definition) is 8. The van der Waals surface area contributed by atoms with Gasteiger partial charge in [0, 0.05) is 17.4 Å². The molecule has 0 unspecified atom stereocenters. The number of aliphatic hydroxyl groups excluding tert-OH is 1. The van der Waals surface area contributed by atoms with Crippen LogP contribution in [0.25, 0.3) is 0 Å². The van der Waals surface area contributed by atoms with Crippen LogP contribution in [0.4, 0.5) is 0 Å². The summed E-state index contributed by atoms with van der Waals surface area (Å²) >= 11 is 0. The third-order valence-corrected chi connectivity index (χ3v) is 8.87. The molecule has 38 heavy (non-hydrogen) atoms. The van der Waals surface area contributed by atoms with Crippen molar-refractivity contribution in [3.8, 4) is 0 Å². The van der Waals surface area contributed by atoms with E-state index in [1.54, 1.807) is 24.7 Å². The predicted octanol–water partition coefficient (Wildman–Crippen LogP) is 4.90. The first-order valence-corrected chi connectivity index (χ1v) is 12.8. The quantitative estimate of drug-likeness (QED) is 0.554. The molecular weight excluding hydrogens is 488 g/mol. The van der Waals surface area contributed by atoms with Crippen molar-refractivity contribution in [3.63, 3.8) is 0 Å². The van der Waals surface area contributed by atoms with Gasteiger partial charge in [-0.25, -0.2) is 4.79 Å². The van der Waals surface area contributed by atoms with Crippen molar-refractivity contribution in [1.82, 2.24) is 0 Å². The van der Waals surface area contributed by atoms with Crippen LogP contribution in [-0.2, 0) is 30.4 Å². The number of fused-ring (bicyclic) bond motifs is 3. The summed E-state index contributed by atoms with van der Waals surface area (Å²) in [6.45, 7) is 8.05. The van der Waals surface area contributed by atoms with E-state index in [1.807, 2.05) is 19.9 Å². The Morgan fingerprint density at radius 1 is 1.16 bits per heavy atom. The van der Waals surface area contributed by atoms with Crippen LogP contribution in [0.15, 0.2) is 71.4 Å². The number of carbonyl (C=O) groups is 3. The average molecular weight is 521 g/mol. The summed E-state index contributed by atoms with van der Waals surface area (Å²) in [4.78, 5) is 40.3. The first-order chi connectivity index (χ1) is 18.1. The van der Waals surface area contributed by atoms with Gasteiger partial charge in [0.1, 0.15) is 6.10 Å². The van der Waals surface area contributed by atoms with E-state index in [2.05, 4.69) is 6.58 Å². The minimum Gasteiger partial charge on any atom is -0.490 e. The molecule has 0 radical (unpaired) electrons. The van der Waals surface area contributed by atoms with E-state index < -0.39 is 34.6 Å². The van der Waals surface area contributed by atoms with Gasteiger partial charge in [0.25, 0.3) is 0 Å². The topological polar surface area (TPSA) is 112 Å². The molecule has 8 nitrogen and oxygen atoms in total. The van der Waals surface area contributed by atoms with Crippen molar-refractivity contribution >= 4 is 17.7 Å². The molecule has 1 aromatic carbocycles. The highest BCUT2D eigenvalue weighted by atomic mass is 16.5. The van der Waals surface area contributed by atoms with Gasteiger partial charge in [-0.2, -0.15) is 0 Å². The van der Waals surface area contributed by atoms with Crippen LogP contribution < -0.4 is 0 Å². The van der Waals surface area contributed by atoms with Gasteiger partial charge in [-0.3, -0.25) is 9.59 Å². The van der Waals surface area contributed by atoms with Crippen LogP contribution in [0.3, 0.4) is 0 Å². The van der Waals surface area contributed by atoms with Crippen molar-refractivity contribution in [2.75, 3.05) is 7.11 Å². The summed E-state index contributed by atoms with van der Waals surface area (Å²) < 4.78 is 22.3. The largest absolute Gasteiger partial charge is 0.490 e. The van der Waals surface area contributed by atoms with Crippen LogP contribution in [0.1, 0.15) is 60.7 Å². The summed E-state index contributed by atoms with van der Waals surface area (Å²) in [5.74, 6) is -2.62. The summed E-state index contributed by atoms with van der Waals surface area (Å²) in [7, 11) is 1.32. The lowest BCUT2D eigenvalue weighted by Gasteiger charge is -2.60. The monoisotopic (exact) mass is 520 g/mol. The van der Waals surface area contributed by atoms with Gasteiger partial charge in [0.2, 0.25) is 5.78 Å². The summed E-state index contributed by atoms with van der Waals surface area (Å²) in [6.07, 6.45) is 6.06. The highest BCUT2D eigenvalue weighted by Crippen LogP contribution is 2.66. The van der Waals surface area contributed by atoms with E-state index in [4.69, 9.17) is 18.6 Å². The molecule has 0 amide bonds.